The van der Waals surface area contributed by atoms with Gasteiger partial charge < -0.3 is 0 Å². The number of hydrogen-bond donors (Lipinski definition) is 0. The van der Waals surface area contributed by atoms with Crippen molar-refractivity contribution in [1.29, 1.82) is 0 Å². The minimum Gasteiger partial charge on any atom is -0.186 e. The van der Waals surface area contributed by atoms with Gasteiger partial charge in [0.15, 0.2) is 0 Å². The fourth-order valence-corrected chi connectivity index (χ4v) is 2.33. The Morgan fingerprint density at radius 2 is 1.07 bits per heavy atom. The van der Waals surface area contributed by atoms with Crippen molar-refractivity contribution in [3.63, 3.8) is 0 Å². The standard InChI is InChI=1S/C3HClF10S/c4-2(5,6)1(3(7,8)9)15(10,11,12,13)14/h1H. The lowest BCUT2D eigenvalue weighted by atomic mass is 10.4. The number of rotatable bonds is 2. The quantitative estimate of drug-likeness (QED) is 0.494. The van der Waals surface area contributed by atoms with Crippen LogP contribution in [0.4, 0.5) is 41.4 Å². The molecule has 0 bridgehead atoms. The van der Waals surface area contributed by atoms with E-state index in [2.05, 4.69) is 11.6 Å². The lowest BCUT2D eigenvalue weighted by molar-refractivity contribution is -0.169. The zero-order valence-electron chi connectivity index (χ0n) is 6.14. The van der Waals surface area contributed by atoms with Crippen LogP contribution in [0.25, 0.3) is 0 Å². The first-order valence-electron chi connectivity index (χ1n) is 2.72. The SMILES string of the molecule is FC(F)(F)C(C(F)(F)Cl)S(F)(F)(F)(F)F. The molecule has 0 radical (unpaired) electrons. The maximum Gasteiger partial charge on any atom is 0.416 e. The van der Waals surface area contributed by atoms with Crippen molar-refractivity contribution in [3.05, 3.63) is 0 Å². The smallest absolute Gasteiger partial charge is 0.186 e. The van der Waals surface area contributed by atoms with Gasteiger partial charge in [-0.3, -0.25) is 0 Å². The summed E-state index contributed by atoms with van der Waals surface area (Å²) in [5.74, 6) is 0. The summed E-state index contributed by atoms with van der Waals surface area (Å²) in [7, 11) is -11.5. The third kappa shape index (κ3) is 4.13. The van der Waals surface area contributed by atoms with Crippen molar-refractivity contribution in [1.82, 2.24) is 0 Å². The Kier molecular flexibility index (Phi) is 2.59. The fourth-order valence-electron chi connectivity index (χ4n) is 0.691. The van der Waals surface area contributed by atoms with Gasteiger partial charge in [0, 0.05) is 0 Å². The minimum atomic E-state index is -11.5. The fraction of sp³-hybridized carbons (Fsp3) is 1.00. The van der Waals surface area contributed by atoms with Crippen LogP contribution in [-0.4, -0.2) is 16.8 Å². The molecule has 0 saturated heterocycles. The van der Waals surface area contributed by atoms with Crippen LogP contribution in [0.15, 0.2) is 0 Å². The lowest BCUT2D eigenvalue weighted by Crippen LogP contribution is -2.49. The lowest BCUT2D eigenvalue weighted by Gasteiger charge is -2.47. The molecule has 0 aromatic carbocycles. The Morgan fingerprint density at radius 3 is 1.07 bits per heavy atom. The Labute approximate surface area is 80.9 Å². The zero-order chi connectivity index (χ0) is 13.0. The third-order valence-corrected chi connectivity index (χ3v) is 2.84. The molecule has 0 spiro atoms. The second-order valence-electron chi connectivity index (χ2n) is 2.49. The third-order valence-electron chi connectivity index (χ3n) is 1.04. The van der Waals surface area contributed by atoms with Gasteiger partial charge in [-0.25, -0.2) is 0 Å². The summed E-state index contributed by atoms with van der Waals surface area (Å²) >= 11 is 3.42. The van der Waals surface area contributed by atoms with Crippen molar-refractivity contribution in [2.45, 2.75) is 16.8 Å². The molecule has 0 amide bonds. The van der Waals surface area contributed by atoms with Crippen LogP contribution in [0, 0.1) is 0 Å². The van der Waals surface area contributed by atoms with E-state index in [0.29, 0.717) is 0 Å². The highest BCUT2D eigenvalue weighted by Gasteiger charge is 2.85. The summed E-state index contributed by atoms with van der Waals surface area (Å²) in [6.07, 6.45) is -6.89. The zero-order valence-corrected chi connectivity index (χ0v) is 7.72. The van der Waals surface area contributed by atoms with Crippen LogP contribution in [-0.2, 0) is 0 Å². The van der Waals surface area contributed by atoms with Gasteiger partial charge in [-0.2, -0.15) is 22.0 Å². The van der Waals surface area contributed by atoms with Crippen LogP contribution in [0.3, 0.4) is 0 Å². The molecule has 12 heteroatoms. The van der Waals surface area contributed by atoms with E-state index in [0.717, 1.165) is 0 Å². The Hall–Kier alpha value is -0.0600. The highest BCUT2D eigenvalue weighted by molar-refractivity contribution is 8.46. The van der Waals surface area contributed by atoms with Gasteiger partial charge in [0.25, 0.3) is 5.25 Å². The molecule has 0 rings (SSSR count). The van der Waals surface area contributed by atoms with E-state index < -0.39 is 27.0 Å². The van der Waals surface area contributed by atoms with Gasteiger partial charge in [-0.15, -0.1) is 0 Å². The van der Waals surface area contributed by atoms with Gasteiger partial charge in [0.2, 0.25) is 0 Å². The van der Waals surface area contributed by atoms with E-state index in [-0.39, 0.29) is 0 Å². The van der Waals surface area contributed by atoms with E-state index in [1.807, 2.05) is 0 Å². The molecular formula is C3HClF10S. The molecule has 0 aromatic rings. The van der Waals surface area contributed by atoms with Gasteiger partial charge >= 0.3 is 21.8 Å². The number of alkyl halides is 6. The molecule has 1 unspecified atom stereocenters. The largest absolute Gasteiger partial charge is 0.416 e. The predicted molar refractivity (Wildman–Crippen MR) is 33.8 cm³/mol. The van der Waals surface area contributed by atoms with Crippen LogP contribution < -0.4 is 0 Å². The van der Waals surface area contributed by atoms with E-state index in [1.165, 1.54) is 0 Å². The van der Waals surface area contributed by atoms with E-state index in [4.69, 9.17) is 0 Å². The van der Waals surface area contributed by atoms with Crippen molar-refractivity contribution in [2.75, 3.05) is 0 Å². The van der Waals surface area contributed by atoms with Crippen LogP contribution in [0.2, 0.25) is 0 Å². The topological polar surface area (TPSA) is 0 Å². The monoisotopic (exact) mass is 294 g/mol. The first-order valence-corrected chi connectivity index (χ1v) is 5.11. The molecule has 0 aliphatic carbocycles. The maximum absolute atomic E-state index is 11.7. The molecule has 96 valence electrons. The average molecular weight is 295 g/mol. The molecule has 0 N–H and O–H groups in total. The van der Waals surface area contributed by atoms with Crippen molar-refractivity contribution in [2.24, 2.45) is 0 Å². The molecule has 0 heterocycles. The highest BCUT2D eigenvalue weighted by atomic mass is 35.5. The molecule has 15 heavy (non-hydrogen) atoms. The summed E-state index contributed by atoms with van der Waals surface area (Å²) in [5, 5.41) is -12.3. The summed E-state index contributed by atoms with van der Waals surface area (Å²) in [4.78, 5) is 0. The average Bonchev–Trinajstić information content (AvgIpc) is 1.37. The summed E-state index contributed by atoms with van der Waals surface area (Å²) in [6, 6.07) is 0. The molecule has 0 nitrogen and oxygen atoms in total. The Bertz CT molecular complexity index is 237. The Morgan fingerprint density at radius 1 is 0.800 bits per heavy atom. The van der Waals surface area contributed by atoms with Gasteiger partial charge in [0.05, 0.1) is 0 Å². The van der Waals surface area contributed by atoms with Crippen LogP contribution in [0.1, 0.15) is 0 Å². The second kappa shape index (κ2) is 2.60. The number of halogens is 11. The van der Waals surface area contributed by atoms with Crippen LogP contribution in [0.5, 0.6) is 0 Å². The van der Waals surface area contributed by atoms with Gasteiger partial charge in [-0.1, -0.05) is 19.4 Å². The van der Waals surface area contributed by atoms with Crippen molar-refractivity contribution < 1.29 is 41.4 Å². The van der Waals surface area contributed by atoms with Crippen molar-refractivity contribution >= 4 is 21.8 Å². The van der Waals surface area contributed by atoms with E-state index in [1.54, 1.807) is 0 Å². The Balaban J connectivity index is 5.80. The van der Waals surface area contributed by atoms with Gasteiger partial charge in [-0.05, 0) is 11.6 Å². The summed E-state index contributed by atoms with van der Waals surface area (Å²) in [6.45, 7) is 0. The normalized spacial score (nSPS) is 21.8. The molecule has 0 fully saturated rings. The molecular weight excluding hydrogens is 294 g/mol. The molecule has 0 saturated carbocycles. The maximum atomic E-state index is 11.7. The van der Waals surface area contributed by atoms with Crippen molar-refractivity contribution in [3.8, 4) is 0 Å². The molecule has 0 aromatic heterocycles. The summed E-state index contributed by atoms with van der Waals surface area (Å²) in [5.41, 5.74) is 0. The molecule has 0 aliphatic heterocycles. The first-order chi connectivity index (χ1) is 5.85. The molecule has 0 aliphatic rings. The van der Waals surface area contributed by atoms with E-state index >= 15 is 0 Å². The van der Waals surface area contributed by atoms with E-state index in [9.17, 15) is 41.4 Å². The first kappa shape index (κ1) is 14.9. The van der Waals surface area contributed by atoms with Gasteiger partial charge in [0.1, 0.15) is 0 Å². The van der Waals surface area contributed by atoms with Crippen LogP contribution >= 0.6 is 21.8 Å². The summed E-state index contributed by atoms with van der Waals surface area (Å²) < 4.78 is 116. The highest BCUT2D eigenvalue weighted by Crippen LogP contribution is 3.02. The number of hydrogen-bond acceptors (Lipinski definition) is 0. The molecule has 1 atom stereocenters. The minimum absolute atomic E-state index is 3.42. The second-order valence-corrected chi connectivity index (χ2v) is 5.52. The predicted octanol–water partition coefficient (Wildman–Crippen LogP) is 5.05.